The van der Waals surface area contributed by atoms with E-state index in [2.05, 4.69) is 6.07 Å². The van der Waals surface area contributed by atoms with Crippen LogP contribution in [-0.4, -0.2) is 7.85 Å². The first-order valence-corrected chi connectivity index (χ1v) is 4.00. The van der Waals surface area contributed by atoms with E-state index in [0.29, 0.717) is 5.56 Å². The largest absolute Gasteiger partial charge is 0.192 e. The van der Waals surface area contributed by atoms with Crippen molar-refractivity contribution in [2.75, 3.05) is 0 Å². The maximum absolute atomic E-state index is 8.84. The molecule has 2 rings (SSSR count). The average Bonchev–Trinajstić information content (AvgIpc) is 2.19. The molecule has 0 atom stereocenters. The lowest BCUT2D eigenvalue weighted by Gasteiger charge is -2.02. The van der Waals surface area contributed by atoms with Gasteiger partial charge in [-0.15, -0.1) is 0 Å². The van der Waals surface area contributed by atoms with E-state index in [1.54, 1.807) is 12.1 Å². The average molecular weight is 163 g/mol. The van der Waals surface area contributed by atoms with Crippen molar-refractivity contribution in [3.63, 3.8) is 0 Å². The highest BCUT2D eigenvalue weighted by molar-refractivity contribution is 6.39. The Morgan fingerprint density at radius 2 is 1.69 bits per heavy atom. The first-order valence-electron chi connectivity index (χ1n) is 4.00. The van der Waals surface area contributed by atoms with Crippen molar-refractivity contribution in [3.05, 3.63) is 42.0 Å². The molecule has 2 aromatic carbocycles. The standard InChI is InChI=1S/C11H6BN/c12-11-6-5-8(7-13)9-3-1-2-4-10(9)11/h1-6H. The van der Waals surface area contributed by atoms with E-state index < -0.39 is 0 Å². The lowest BCUT2D eigenvalue weighted by Crippen LogP contribution is -2.03. The molecule has 0 N–H and O–H groups in total. The molecule has 0 saturated carbocycles. The van der Waals surface area contributed by atoms with Gasteiger partial charge in [-0.25, -0.2) is 0 Å². The van der Waals surface area contributed by atoms with Gasteiger partial charge in [-0.2, -0.15) is 5.26 Å². The first-order chi connectivity index (χ1) is 6.33. The molecule has 0 heterocycles. The zero-order valence-electron chi connectivity index (χ0n) is 6.99. The molecule has 0 aliphatic carbocycles. The molecule has 0 bridgehead atoms. The first kappa shape index (κ1) is 7.88. The highest BCUT2D eigenvalue weighted by Gasteiger charge is 2.00. The van der Waals surface area contributed by atoms with E-state index in [0.717, 1.165) is 16.2 Å². The summed E-state index contributed by atoms with van der Waals surface area (Å²) in [5.74, 6) is 0. The smallest absolute Gasteiger partial charge is 0.114 e. The monoisotopic (exact) mass is 163 g/mol. The Kier molecular flexibility index (Phi) is 1.79. The number of hydrogen-bond acceptors (Lipinski definition) is 1. The number of nitriles is 1. The van der Waals surface area contributed by atoms with Gasteiger partial charge in [0.05, 0.1) is 11.6 Å². The maximum Gasteiger partial charge on any atom is 0.114 e. The Balaban J connectivity index is 2.95. The van der Waals surface area contributed by atoms with Gasteiger partial charge in [-0.05, 0) is 16.8 Å². The van der Waals surface area contributed by atoms with Crippen LogP contribution in [0.2, 0.25) is 0 Å². The summed E-state index contributed by atoms with van der Waals surface area (Å²) in [6.07, 6.45) is 0. The number of hydrogen-bond donors (Lipinski definition) is 0. The van der Waals surface area contributed by atoms with E-state index in [4.69, 9.17) is 13.1 Å². The van der Waals surface area contributed by atoms with Gasteiger partial charge in [0.1, 0.15) is 7.85 Å². The molecule has 0 fully saturated rings. The van der Waals surface area contributed by atoms with Gasteiger partial charge >= 0.3 is 0 Å². The normalized spacial score (nSPS) is 9.77. The van der Waals surface area contributed by atoms with Crippen molar-refractivity contribution in [1.82, 2.24) is 0 Å². The molecule has 1 nitrogen and oxygen atoms in total. The lowest BCUT2D eigenvalue weighted by atomic mass is 9.88. The molecule has 0 spiro atoms. The minimum Gasteiger partial charge on any atom is -0.192 e. The number of benzene rings is 2. The molecular formula is C11H6BN. The summed E-state index contributed by atoms with van der Waals surface area (Å²) in [7, 11) is 5.77. The SMILES string of the molecule is [B]c1ccc(C#N)c2ccccc12. The van der Waals surface area contributed by atoms with Crippen LogP contribution in [0.15, 0.2) is 36.4 Å². The molecule has 0 aromatic heterocycles. The molecular weight excluding hydrogens is 157 g/mol. The van der Waals surface area contributed by atoms with Crippen LogP contribution in [0.25, 0.3) is 10.8 Å². The molecule has 0 saturated heterocycles. The summed E-state index contributed by atoms with van der Waals surface area (Å²) >= 11 is 0. The van der Waals surface area contributed by atoms with Gasteiger partial charge in [0.2, 0.25) is 0 Å². The lowest BCUT2D eigenvalue weighted by molar-refractivity contribution is 1.51. The topological polar surface area (TPSA) is 23.8 Å². The second-order valence-electron chi connectivity index (χ2n) is 2.86. The van der Waals surface area contributed by atoms with Crippen LogP contribution in [0.1, 0.15) is 5.56 Å². The fourth-order valence-electron chi connectivity index (χ4n) is 1.42. The molecule has 0 aliphatic heterocycles. The van der Waals surface area contributed by atoms with Crippen molar-refractivity contribution in [3.8, 4) is 6.07 Å². The maximum atomic E-state index is 8.84. The van der Waals surface area contributed by atoms with Gasteiger partial charge in [0.15, 0.2) is 0 Å². The fourth-order valence-corrected chi connectivity index (χ4v) is 1.42. The minimum atomic E-state index is 0.671. The van der Waals surface area contributed by atoms with E-state index in [1.807, 2.05) is 24.3 Å². The van der Waals surface area contributed by atoms with Crippen LogP contribution in [0.5, 0.6) is 0 Å². The van der Waals surface area contributed by atoms with E-state index >= 15 is 0 Å². The number of fused-ring (bicyclic) bond motifs is 1. The third-order valence-corrected chi connectivity index (χ3v) is 2.08. The van der Waals surface area contributed by atoms with Crippen LogP contribution in [0.4, 0.5) is 0 Å². The Bertz CT molecular complexity index is 497. The van der Waals surface area contributed by atoms with Crippen LogP contribution in [0.3, 0.4) is 0 Å². The molecule has 2 aromatic rings. The Labute approximate surface area is 78.0 Å². The van der Waals surface area contributed by atoms with Gasteiger partial charge in [0.25, 0.3) is 0 Å². The quantitative estimate of drug-likeness (QED) is 0.540. The van der Waals surface area contributed by atoms with Crippen LogP contribution in [-0.2, 0) is 0 Å². The second kappa shape index (κ2) is 2.95. The van der Waals surface area contributed by atoms with Crippen molar-refractivity contribution in [2.45, 2.75) is 0 Å². The zero-order valence-corrected chi connectivity index (χ0v) is 6.99. The second-order valence-corrected chi connectivity index (χ2v) is 2.86. The summed E-state index contributed by atoms with van der Waals surface area (Å²) in [5.41, 5.74) is 1.39. The summed E-state index contributed by atoms with van der Waals surface area (Å²) < 4.78 is 0. The predicted octanol–water partition coefficient (Wildman–Crippen LogP) is 1.51. The molecule has 0 aliphatic rings. The molecule has 0 unspecified atom stereocenters. The van der Waals surface area contributed by atoms with Gasteiger partial charge in [-0.1, -0.05) is 35.8 Å². The Morgan fingerprint density at radius 3 is 2.38 bits per heavy atom. The van der Waals surface area contributed by atoms with Gasteiger partial charge < -0.3 is 0 Å². The molecule has 2 heteroatoms. The molecule has 58 valence electrons. The van der Waals surface area contributed by atoms with E-state index in [9.17, 15) is 0 Å². The van der Waals surface area contributed by atoms with E-state index in [1.165, 1.54) is 0 Å². The molecule has 2 radical (unpaired) electrons. The number of nitrogens with zero attached hydrogens (tertiary/aromatic N) is 1. The van der Waals surface area contributed by atoms with Crippen molar-refractivity contribution in [1.29, 1.82) is 5.26 Å². The fraction of sp³-hybridized carbons (Fsp3) is 0. The zero-order chi connectivity index (χ0) is 9.26. The summed E-state index contributed by atoms with van der Waals surface area (Å²) in [5, 5.41) is 10.7. The van der Waals surface area contributed by atoms with Crippen LogP contribution >= 0.6 is 0 Å². The van der Waals surface area contributed by atoms with Crippen LogP contribution in [0, 0.1) is 11.3 Å². The highest BCUT2D eigenvalue weighted by Crippen LogP contribution is 2.15. The molecule has 13 heavy (non-hydrogen) atoms. The Morgan fingerprint density at radius 1 is 1.00 bits per heavy atom. The van der Waals surface area contributed by atoms with Crippen molar-refractivity contribution >= 4 is 24.1 Å². The third-order valence-electron chi connectivity index (χ3n) is 2.08. The van der Waals surface area contributed by atoms with Crippen molar-refractivity contribution in [2.24, 2.45) is 0 Å². The van der Waals surface area contributed by atoms with E-state index in [-0.39, 0.29) is 0 Å². The predicted molar refractivity (Wildman–Crippen MR) is 54.1 cm³/mol. The minimum absolute atomic E-state index is 0.671. The summed E-state index contributed by atoms with van der Waals surface area (Å²) in [6, 6.07) is 13.3. The van der Waals surface area contributed by atoms with Crippen molar-refractivity contribution < 1.29 is 0 Å². The summed E-state index contributed by atoms with van der Waals surface area (Å²) in [4.78, 5) is 0. The third kappa shape index (κ3) is 1.19. The highest BCUT2D eigenvalue weighted by atomic mass is 14.2. The Hall–Kier alpha value is -1.75. The summed E-state index contributed by atoms with van der Waals surface area (Å²) in [6.45, 7) is 0. The van der Waals surface area contributed by atoms with Gasteiger partial charge in [0, 0.05) is 0 Å². The molecule has 0 amide bonds. The van der Waals surface area contributed by atoms with Gasteiger partial charge in [-0.3, -0.25) is 0 Å². The van der Waals surface area contributed by atoms with Crippen LogP contribution < -0.4 is 5.46 Å². The number of rotatable bonds is 0.